The van der Waals surface area contributed by atoms with E-state index in [0.29, 0.717) is 24.3 Å². The van der Waals surface area contributed by atoms with Gasteiger partial charge in [-0.2, -0.15) is 5.10 Å². The van der Waals surface area contributed by atoms with Crippen LogP contribution in [-0.2, 0) is 17.9 Å². The fraction of sp³-hybridized carbons (Fsp3) is 0.812. The zero-order chi connectivity index (χ0) is 16.2. The van der Waals surface area contributed by atoms with Gasteiger partial charge in [-0.15, -0.1) is 0 Å². The number of carbonyl (C=O) groups is 1. The number of fused-ring (bicyclic) bond motifs is 1. The molecule has 0 saturated carbocycles. The standard InChI is InChI=1S/C16H28N6O/c1-3-22-15(18-12-19-22)11-20-8-6-14-13(10-20)4-5-16(23)21(14)9-7-17-2/h12-14,17H,3-11H2,1-2H3/t13-,14+/m0/s1. The summed E-state index contributed by atoms with van der Waals surface area (Å²) in [6.07, 6.45) is 4.44. The van der Waals surface area contributed by atoms with Crippen molar-refractivity contribution in [3.8, 4) is 0 Å². The highest BCUT2D eigenvalue weighted by molar-refractivity contribution is 5.77. The van der Waals surface area contributed by atoms with E-state index in [1.807, 2.05) is 11.7 Å². The summed E-state index contributed by atoms with van der Waals surface area (Å²) in [6, 6.07) is 0.421. The Bertz CT molecular complexity index is 530. The number of aromatic nitrogens is 3. The molecule has 3 heterocycles. The van der Waals surface area contributed by atoms with Crippen LogP contribution in [0, 0.1) is 5.92 Å². The quantitative estimate of drug-likeness (QED) is 0.818. The highest BCUT2D eigenvalue weighted by Gasteiger charge is 2.39. The van der Waals surface area contributed by atoms with Crippen molar-refractivity contribution in [2.75, 3.05) is 33.2 Å². The smallest absolute Gasteiger partial charge is 0.222 e. The molecule has 0 spiro atoms. The molecule has 0 radical (unpaired) electrons. The van der Waals surface area contributed by atoms with Crippen LogP contribution in [0.15, 0.2) is 6.33 Å². The van der Waals surface area contributed by atoms with Crippen molar-refractivity contribution in [2.24, 2.45) is 5.92 Å². The molecule has 1 aromatic rings. The van der Waals surface area contributed by atoms with Crippen LogP contribution in [0.3, 0.4) is 0 Å². The summed E-state index contributed by atoms with van der Waals surface area (Å²) in [4.78, 5) is 21.2. The van der Waals surface area contributed by atoms with Crippen LogP contribution < -0.4 is 5.32 Å². The van der Waals surface area contributed by atoms with Crippen LogP contribution in [0.5, 0.6) is 0 Å². The van der Waals surface area contributed by atoms with Crippen molar-refractivity contribution in [3.63, 3.8) is 0 Å². The van der Waals surface area contributed by atoms with E-state index in [0.717, 1.165) is 57.9 Å². The Labute approximate surface area is 138 Å². The zero-order valence-electron chi connectivity index (χ0n) is 14.2. The molecule has 0 bridgehead atoms. The Morgan fingerprint density at radius 3 is 3.04 bits per heavy atom. The van der Waals surface area contributed by atoms with Gasteiger partial charge in [0.2, 0.25) is 5.91 Å². The molecule has 7 nitrogen and oxygen atoms in total. The van der Waals surface area contributed by atoms with Gasteiger partial charge in [0.05, 0.1) is 6.54 Å². The Hall–Kier alpha value is -1.47. The fourth-order valence-electron chi connectivity index (χ4n) is 3.97. The van der Waals surface area contributed by atoms with Crippen LogP contribution in [0.25, 0.3) is 0 Å². The molecule has 0 unspecified atom stereocenters. The predicted octanol–water partition coefficient (Wildman–Crippen LogP) is 0.330. The number of piperidine rings is 2. The maximum absolute atomic E-state index is 12.2. The second-order valence-electron chi connectivity index (χ2n) is 6.57. The molecule has 2 aliphatic rings. The monoisotopic (exact) mass is 320 g/mol. The number of hydrogen-bond donors (Lipinski definition) is 1. The Balaban J connectivity index is 1.61. The molecule has 2 atom stereocenters. The summed E-state index contributed by atoms with van der Waals surface area (Å²) in [5, 5.41) is 7.42. The molecule has 3 rings (SSSR count). The Morgan fingerprint density at radius 1 is 1.39 bits per heavy atom. The normalized spacial score (nSPS) is 25.7. The van der Waals surface area contributed by atoms with Crippen molar-refractivity contribution in [1.82, 2.24) is 29.9 Å². The summed E-state index contributed by atoms with van der Waals surface area (Å²) >= 11 is 0. The largest absolute Gasteiger partial charge is 0.338 e. The van der Waals surface area contributed by atoms with Crippen molar-refractivity contribution in [3.05, 3.63) is 12.2 Å². The predicted molar refractivity (Wildman–Crippen MR) is 87.7 cm³/mol. The average molecular weight is 320 g/mol. The Kier molecular flexibility index (Phi) is 5.27. The number of carbonyl (C=O) groups excluding carboxylic acids is 1. The van der Waals surface area contributed by atoms with Crippen LogP contribution in [0.2, 0.25) is 0 Å². The molecule has 0 aliphatic carbocycles. The lowest BCUT2D eigenvalue weighted by Gasteiger charge is -2.47. The van der Waals surface area contributed by atoms with E-state index in [2.05, 4.69) is 32.1 Å². The van der Waals surface area contributed by atoms with Gasteiger partial charge < -0.3 is 10.2 Å². The van der Waals surface area contributed by atoms with E-state index < -0.39 is 0 Å². The second-order valence-corrected chi connectivity index (χ2v) is 6.57. The summed E-state index contributed by atoms with van der Waals surface area (Å²) in [6.45, 7) is 7.62. The summed E-state index contributed by atoms with van der Waals surface area (Å²) in [5.41, 5.74) is 0. The van der Waals surface area contributed by atoms with Crippen molar-refractivity contribution < 1.29 is 4.79 Å². The van der Waals surface area contributed by atoms with E-state index >= 15 is 0 Å². The first-order valence-electron chi connectivity index (χ1n) is 8.76. The molecule has 128 valence electrons. The third-order valence-corrected chi connectivity index (χ3v) is 5.19. The number of aryl methyl sites for hydroxylation is 1. The van der Waals surface area contributed by atoms with Crippen molar-refractivity contribution >= 4 is 5.91 Å². The van der Waals surface area contributed by atoms with Gasteiger partial charge in [-0.05, 0) is 32.7 Å². The maximum atomic E-state index is 12.2. The number of nitrogens with one attached hydrogen (secondary N) is 1. The molecule has 2 fully saturated rings. The molecule has 1 aromatic heterocycles. The summed E-state index contributed by atoms with van der Waals surface area (Å²) in [7, 11) is 1.94. The first-order valence-corrected chi connectivity index (χ1v) is 8.76. The van der Waals surface area contributed by atoms with E-state index in [1.165, 1.54) is 0 Å². The van der Waals surface area contributed by atoms with Crippen molar-refractivity contribution in [1.29, 1.82) is 0 Å². The van der Waals surface area contributed by atoms with Gasteiger partial charge in [0, 0.05) is 45.2 Å². The minimum Gasteiger partial charge on any atom is -0.338 e. The molecule has 2 saturated heterocycles. The van der Waals surface area contributed by atoms with Crippen LogP contribution in [0.1, 0.15) is 32.0 Å². The SMILES string of the molecule is CCn1ncnc1CN1CC[C@@H]2[C@@H](CCC(=O)N2CCNC)C1. The van der Waals surface area contributed by atoms with Crippen LogP contribution in [-0.4, -0.2) is 69.7 Å². The molecular weight excluding hydrogens is 292 g/mol. The molecular formula is C16H28N6O. The number of amides is 1. The van der Waals surface area contributed by atoms with Gasteiger partial charge in [-0.25, -0.2) is 9.67 Å². The minimum absolute atomic E-state index is 0.334. The van der Waals surface area contributed by atoms with E-state index in [-0.39, 0.29) is 0 Å². The first-order chi connectivity index (χ1) is 11.2. The third kappa shape index (κ3) is 3.55. The maximum Gasteiger partial charge on any atom is 0.222 e. The lowest BCUT2D eigenvalue weighted by molar-refractivity contribution is -0.141. The molecule has 0 aromatic carbocycles. The molecule has 7 heteroatoms. The topological polar surface area (TPSA) is 66.3 Å². The number of likely N-dealkylation sites (N-methyl/N-ethyl adjacent to an activating group) is 1. The molecule has 1 amide bonds. The van der Waals surface area contributed by atoms with Crippen LogP contribution >= 0.6 is 0 Å². The Morgan fingerprint density at radius 2 is 2.26 bits per heavy atom. The summed E-state index contributed by atoms with van der Waals surface area (Å²) in [5.74, 6) is 1.97. The molecule has 1 N–H and O–H groups in total. The van der Waals surface area contributed by atoms with Gasteiger partial charge in [0.15, 0.2) is 0 Å². The number of likely N-dealkylation sites (tertiary alicyclic amines) is 2. The number of hydrogen-bond acceptors (Lipinski definition) is 5. The number of nitrogens with zero attached hydrogens (tertiary/aromatic N) is 5. The van der Waals surface area contributed by atoms with Gasteiger partial charge in [-0.3, -0.25) is 9.69 Å². The van der Waals surface area contributed by atoms with Gasteiger partial charge in [0.1, 0.15) is 12.2 Å². The van der Waals surface area contributed by atoms with E-state index in [9.17, 15) is 4.79 Å². The van der Waals surface area contributed by atoms with Crippen molar-refractivity contribution in [2.45, 2.75) is 45.3 Å². The van der Waals surface area contributed by atoms with Crippen LogP contribution in [0.4, 0.5) is 0 Å². The lowest BCUT2D eigenvalue weighted by Crippen LogP contribution is -2.56. The third-order valence-electron chi connectivity index (χ3n) is 5.19. The molecule has 2 aliphatic heterocycles. The van der Waals surface area contributed by atoms with E-state index in [4.69, 9.17) is 0 Å². The van der Waals surface area contributed by atoms with Gasteiger partial charge in [0.25, 0.3) is 0 Å². The highest BCUT2D eigenvalue weighted by atomic mass is 16.2. The summed E-state index contributed by atoms with van der Waals surface area (Å²) < 4.78 is 1.97. The van der Waals surface area contributed by atoms with Gasteiger partial charge >= 0.3 is 0 Å². The fourth-order valence-corrected chi connectivity index (χ4v) is 3.97. The second kappa shape index (κ2) is 7.40. The first kappa shape index (κ1) is 16.4. The minimum atomic E-state index is 0.334. The zero-order valence-corrected chi connectivity index (χ0v) is 14.2. The van der Waals surface area contributed by atoms with E-state index in [1.54, 1.807) is 6.33 Å². The molecule has 23 heavy (non-hydrogen) atoms. The number of rotatable bonds is 6. The van der Waals surface area contributed by atoms with Gasteiger partial charge in [-0.1, -0.05) is 0 Å². The lowest BCUT2D eigenvalue weighted by atomic mass is 9.83. The highest BCUT2D eigenvalue weighted by Crippen LogP contribution is 2.31. The average Bonchev–Trinajstić information content (AvgIpc) is 3.01.